The van der Waals surface area contributed by atoms with Gasteiger partial charge in [-0.15, -0.1) is 0 Å². The molecule has 0 spiro atoms. The predicted molar refractivity (Wildman–Crippen MR) is 56.8 cm³/mol. The second-order valence-corrected chi connectivity index (χ2v) is 3.50. The molecule has 0 aliphatic rings. The van der Waals surface area contributed by atoms with Crippen LogP contribution >= 0.6 is 11.6 Å². The summed E-state index contributed by atoms with van der Waals surface area (Å²) < 4.78 is 5.21. The van der Waals surface area contributed by atoms with Gasteiger partial charge >= 0.3 is 0 Å². The highest BCUT2D eigenvalue weighted by Gasteiger charge is 2.03. The Bertz CT molecular complexity index is 490. The largest absolute Gasteiger partial charge is 0.445 e. The number of hydrogen-bond donors (Lipinski definition) is 2. The molecule has 72 valence electrons. The number of benzene rings is 1. The summed E-state index contributed by atoms with van der Waals surface area (Å²) in [5, 5.41) is 8.49. The van der Waals surface area contributed by atoms with Crippen LogP contribution in [-0.4, -0.2) is 5.84 Å². The van der Waals surface area contributed by atoms with Crippen molar-refractivity contribution in [3.05, 3.63) is 35.0 Å². The van der Waals surface area contributed by atoms with Crippen molar-refractivity contribution < 1.29 is 4.42 Å². The maximum absolute atomic E-state index is 7.17. The van der Waals surface area contributed by atoms with E-state index in [4.69, 9.17) is 27.2 Å². The molecule has 0 aliphatic heterocycles. The van der Waals surface area contributed by atoms with E-state index in [1.807, 2.05) is 18.2 Å². The van der Waals surface area contributed by atoms with Crippen LogP contribution in [0, 0.1) is 5.41 Å². The Kier molecular flexibility index (Phi) is 2.17. The van der Waals surface area contributed by atoms with E-state index < -0.39 is 0 Å². The van der Waals surface area contributed by atoms with Gasteiger partial charge in [0.05, 0.1) is 5.84 Å². The summed E-state index contributed by atoms with van der Waals surface area (Å²) in [6, 6.07) is 7.38. The van der Waals surface area contributed by atoms with Gasteiger partial charge in [0.2, 0.25) is 0 Å². The first-order valence-corrected chi connectivity index (χ1v) is 4.54. The monoisotopic (exact) mass is 208 g/mol. The van der Waals surface area contributed by atoms with Crippen LogP contribution in [0.4, 0.5) is 0 Å². The lowest BCUT2D eigenvalue weighted by Gasteiger charge is -1.98. The number of rotatable bonds is 2. The molecule has 3 nitrogen and oxygen atoms in total. The fourth-order valence-electron chi connectivity index (χ4n) is 1.39. The molecule has 1 aromatic carbocycles. The highest BCUT2D eigenvalue weighted by molar-refractivity contribution is 6.29. The third-order valence-corrected chi connectivity index (χ3v) is 2.13. The van der Waals surface area contributed by atoms with E-state index in [9.17, 15) is 0 Å². The maximum atomic E-state index is 7.17. The Morgan fingerprint density at radius 2 is 2.21 bits per heavy atom. The van der Waals surface area contributed by atoms with E-state index in [0.717, 1.165) is 16.5 Å². The summed E-state index contributed by atoms with van der Waals surface area (Å²) in [5.41, 5.74) is 7.05. The van der Waals surface area contributed by atoms with Crippen molar-refractivity contribution in [3.8, 4) is 0 Å². The molecule has 1 heterocycles. The van der Waals surface area contributed by atoms with E-state index >= 15 is 0 Å². The number of halogens is 1. The molecule has 0 atom stereocenters. The Morgan fingerprint density at radius 1 is 1.43 bits per heavy atom. The molecule has 0 saturated heterocycles. The number of nitrogens with one attached hydrogen (secondary N) is 1. The van der Waals surface area contributed by atoms with Gasteiger partial charge in [-0.3, -0.25) is 5.41 Å². The molecular formula is C10H9ClN2O. The summed E-state index contributed by atoms with van der Waals surface area (Å²) in [5.74, 6) is 0.152. The minimum Gasteiger partial charge on any atom is -0.445 e. The first kappa shape index (κ1) is 9.09. The zero-order chi connectivity index (χ0) is 10.1. The van der Waals surface area contributed by atoms with Gasteiger partial charge < -0.3 is 10.2 Å². The Hall–Kier alpha value is -1.48. The van der Waals surface area contributed by atoms with Gasteiger partial charge in [-0.1, -0.05) is 6.07 Å². The van der Waals surface area contributed by atoms with Crippen molar-refractivity contribution in [3.63, 3.8) is 0 Å². The molecule has 0 saturated carbocycles. The molecule has 0 unspecified atom stereocenters. The number of fused-ring (bicyclic) bond motifs is 1. The minimum absolute atomic E-state index is 0.152. The summed E-state index contributed by atoms with van der Waals surface area (Å²) in [6.45, 7) is 0. The molecule has 0 amide bonds. The maximum Gasteiger partial charge on any atom is 0.194 e. The smallest absolute Gasteiger partial charge is 0.194 e. The van der Waals surface area contributed by atoms with Crippen LogP contribution in [0.3, 0.4) is 0 Å². The predicted octanol–water partition coefficient (Wildman–Crippen LogP) is 2.56. The molecule has 0 radical (unpaired) electrons. The molecule has 1 aromatic heterocycles. The second kappa shape index (κ2) is 3.35. The fraction of sp³-hybridized carbons (Fsp3) is 0.100. The average molecular weight is 209 g/mol. The van der Waals surface area contributed by atoms with Crippen molar-refractivity contribution in [2.45, 2.75) is 6.42 Å². The number of nitrogens with two attached hydrogens (primary N) is 1. The lowest BCUT2D eigenvalue weighted by atomic mass is 10.1. The van der Waals surface area contributed by atoms with Gasteiger partial charge in [-0.25, -0.2) is 0 Å². The molecule has 3 N–H and O–H groups in total. The van der Waals surface area contributed by atoms with E-state index in [2.05, 4.69) is 0 Å². The van der Waals surface area contributed by atoms with Crippen LogP contribution in [0.1, 0.15) is 5.56 Å². The topological polar surface area (TPSA) is 63.0 Å². The van der Waals surface area contributed by atoms with Crippen LogP contribution in [0.5, 0.6) is 0 Å². The van der Waals surface area contributed by atoms with Gasteiger partial charge in [0.25, 0.3) is 0 Å². The van der Waals surface area contributed by atoms with E-state index in [1.54, 1.807) is 6.07 Å². The number of hydrogen-bond acceptors (Lipinski definition) is 2. The molecule has 4 heteroatoms. The number of furan rings is 1. The fourth-order valence-corrected chi connectivity index (χ4v) is 1.59. The summed E-state index contributed by atoms with van der Waals surface area (Å²) in [7, 11) is 0. The lowest BCUT2D eigenvalue weighted by Crippen LogP contribution is -2.12. The average Bonchev–Trinajstić information content (AvgIpc) is 2.42. The van der Waals surface area contributed by atoms with Gasteiger partial charge in [-0.05, 0) is 29.3 Å². The molecule has 0 aliphatic carbocycles. The lowest BCUT2D eigenvalue weighted by molar-refractivity contribution is 0.618. The van der Waals surface area contributed by atoms with E-state index in [-0.39, 0.29) is 5.84 Å². The normalized spacial score (nSPS) is 10.6. The first-order valence-electron chi connectivity index (χ1n) is 4.16. The minimum atomic E-state index is 0.152. The Labute approximate surface area is 86.0 Å². The van der Waals surface area contributed by atoms with Crippen molar-refractivity contribution in [1.29, 1.82) is 5.41 Å². The van der Waals surface area contributed by atoms with E-state index in [0.29, 0.717) is 11.6 Å². The summed E-state index contributed by atoms with van der Waals surface area (Å²) >= 11 is 5.71. The molecule has 0 fully saturated rings. The number of amidine groups is 1. The second-order valence-electron chi connectivity index (χ2n) is 3.12. The van der Waals surface area contributed by atoms with Gasteiger partial charge in [0.15, 0.2) is 5.22 Å². The third kappa shape index (κ3) is 1.72. The zero-order valence-electron chi connectivity index (χ0n) is 7.38. The summed E-state index contributed by atoms with van der Waals surface area (Å²) in [4.78, 5) is 0. The Morgan fingerprint density at radius 3 is 2.93 bits per heavy atom. The highest BCUT2D eigenvalue weighted by Crippen LogP contribution is 2.23. The van der Waals surface area contributed by atoms with E-state index in [1.165, 1.54) is 0 Å². The molecule has 14 heavy (non-hydrogen) atoms. The van der Waals surface area contributed by atoms with Gasteiger partial charge in [-0.2, -0.15) is 0 Å². The van der Waals surface area contributed by atoms with Crippen molar-refractivity contribution in [1.82, 2.24) is 0 Å². The highest BCUT2D eigenvalue weighted by atomic mass is 35.5. The SMILES string of the molecule is N=C(N)Cc1ccc2oc(Cl)cc2c1. The van der Waals surface area contributed by atoms with Crippen LogP contribution in [-0.2, 0) is 6.42 Å². The first-order chi connectivity index (χ1) is 6.65. The molecule has 2 rings (SSSR count). The van der Waals surface area contributed by atoms with Gasteiger partial charge in [0.1, 0.15) is 5.58 Å². The van der Waals surface area contributed by atoms with Crippen molar-refractivity contribution in [2.75, 3.05) is 0 Å². The quantitative estimate of drug-likeness (QED) is 0.589. The van der Waals surface area contributed by atoms with Crippen LogP contribution in [0.15, 0.2) is 28.7 Å². The van der Waals surface area contributed by atoms with Crippen molar-refractivity contribution >= 4 is 28.4 Å². The summed E-state index contributed by atoms with van der Waals surface area (Å²) in [6.07, 6.45) is 0.457. The van der Waals surface area contributed by atoms with Crippen LogP contribution in [0.25, 0.3) is 11.0 Å². The third-order valence-electron chi connectivity index (χ3n) is 1.95. The van der Waals surface area contributed by atoms with Crippen molar-refractivity contribution in [2.24, 2.45) is 5.73 Å². The molecular weight excluding hydrogens is 200 g/mol. The zero-order valence-corrected chi connectivity index (χ0v) is 8.14. The van der Waals surface area contributed by atoms with Crippen LogP contribution in [0.2, 0.25) is 5.22 Å². The molecule has 2 aromatic rings. The standard InChI is InChI=1S/C10H9ClN2O/c11-9-5-7-3-6(4-10(12)13)1-2-8(7)14-9/h1-3,5H,4H2,(H3,12,13). The Balaban J connectivity index is 2.45. The van der Waals surface area contributed by atoms with Crippen LogP contribution < -0.4 is 5.73 Å². The molecule has 0 bridgehead atoms. The van der Waals surface area contributed by atoms with Gasteiger partial charge in [0, 0.05) is 17.9 Å².